The molecule has 0 amide bonds. The van der Waals surface area contributed by atoms with E-state index in [1.807, 2.05) is 0 Å². The highest BCUT2D eigenvalue weighted by atomic mass is 79.9. The summed E-state index contributed by atoms with van der Waals surface area (Å²) in [6, 6.07) is 14.1. The average Bonchev–Trinajstić information content (AvgIpc) is 3.13. The fraction of sp³-hybridized carbons (Fsp3) is 0.500. The fourth-order valence-corrected chi connectivity index (χ4v) is 7.01. The largest absolute Gasteiger partial charge is 0.463 e. The lowest BCUT2D eigenvalue weighted by Gasteiger charge is -2.44. The van der Waals surface area contributed by atoms with Crippen LogP contribution in [0.4, 0.5) is 0 Å². The van der Waals surface area contributed by atoms with E-state index in [1.165, 1.54) is 55.4 Å². The molecule has 0 N–H and O–H groups in total. The van der Waals surface area contributed by atoms with Gasteiger partial charge in [-0.3, -0.25) is 38.4 Å². The molecule has 20 heteroatoms. The molecule has 10 atom stereocenters. The van der Waals surface area contributed by atoms with E-state index in [-0.39, 0.29) is 13.2 Å². The minimum atomic E-state index is -1.19. The van der Waals surface area contributed by atoms with Gasteiger partial charge in [0.05, 0.1) is 0 Å². The SMILES string of the molecule is CC(=O)OC[C@H]1O[C@@H](c2ccc(Br)cc2)[C@H](OC(C)=O)[C@@H](OC(C)=O)[C@@H]1OC(C)=O.CC(=O)OC[C@H]1O[C@@H](c2cccc(Br)c2)[C@H](OC(C)=O)[C@@H](OC(C)=O)[C@@H]1OC(C)=O. The van der Waals surface area contributed by atoms with Crippen molar-refractivity contribution >= 4 is 79.6 Å². The minimum absolute atomic E-state index is 0.259. The Kier molecular flexibility index (Phi) is 19.1. The van der Waals surface area contributed by atoms with Crippen molar-refractivity contribution in [2.45, 2.75) is 116 Å². The van der Waals surface area contributed by atoms with Gasteiger partial charge in [-0.25, -0.2) is 0 Å². The van der Waals surface area contributed by atoms with Gasteiger partial charge in [-0.15, -0.1) is 0 Å². The Morgan fingerprint density at radius 3 is 1.13 bits per heavy atom. The summed E-state index contributed by atoms with van der Waals surface area (Å²) < 4.78 is 56.2. The van der Waals surface area contributed by atoms with E-state index in [2.05, 4.69) is 31.9 Å². The van der Waals surface area contributed by atoms with Crippen LogP contribution < -0.4 is 0 Å². The van der Waals surface area contributed by atoms with Crippen molar-refractivity contribution in [1.82, 2.24) is 0 Å². The number of ether oxygens (including phenoxy) is 10. The molecule has 0 bridgehead atoms. The Balaban J connectivity index is 0.000000320. The third-order valence-electron chi connectivity index (χ3n) is 8.36. The van der Waals surface area contributed by atoms with Crippen LogP contribution in [0.15, 0.2) is 57.5 Å². The summed E-state index contributed by atoms with van der Waals surface area (Å²) in [5, 5.41) is 0. The van der Waals surface area contributed by atoms with Gasteiger partial charge < -0.3 is 47.4 Å². The monoisotopic (exact) mass is 972 g/mol. The summed E-state index contributed by atoms with van der Waals surface area (Å²) in [4.78, 5) is 93.3. The Morgan fingerprint density at radius 2 is 0.783 bits per heavy atom. The maximum absolute atomic E-state index is 11.8. The van der Waals surface area contributed by atoms with Gasteiger partial charge in [-0.2, -0.15) is 0 Å². The van der Waals surface area contributed by atoms with Crippen LogP contribution in [0.25, 0.3) is 0 Å². The van der Waals surface area contributed by atoms with Crippen molar-refractivity contribution in [3.05, 3.63) is 68.6 Å². The molecule has 2 heterocycles. The second kappa shape index (κ2) is 23.2. The molecule has 18 nitrogen and oxygen atoms in total. The highest BCUT2D eigenvalue weighted by Crippen LogP contribution is 2.40. The van der Waals surface area contributed by atoms with E-state index in [1.54, 1.807) is 48.5 Å². The van der Waals surface area contributed by atoms with Crippen LogP contribution in [-0.2, 0) is 85.7 Å². The van der Waals surface area contributed by atoms with Gasteiger partial charge >= 0.3 is 47.8 Å². The smallest absolute Gasteiger partial charge is 0.303 e. The maximum atomic E-state index is 11.8. The van der Waals surface area contributed by atoms with Crippen LogP contribution in [0.3, 0.4) is 0 Å². The first-order valence-electron chi connectivity index (χ1n) is 18.3. The summed E-state index contributed by atoms with van der Waals surface area (Å²) >= 11 is 6.73. The summed E-state index contributed by atoms with van der Waals surface area (Å²) in [5.41, 5.74) is 1.23. The molecule has 2 aliphatic rings. The molecular weight excluding hydrogens is 928 g/mol. The van der Waals surface area contributed by atoms with Gasteiger partial charge in [-0.1, -0.05) is 56.1 Å². The first-order valence-corrected chi connectivity index (χ1v) is 19.9. The maximum Gasteiger partial charge on any atom is 0.303 e. The van der Waals surface area contributed by atoms with Crippen molar-refractivity contribution in [3.63, 3.8) is 0 Å². The molecular formula is C40H46Br2O18. The molecule has 2 fully saturated rings. The number of benzene rings is 2. The summed E-state index contributed by atoms with van der Waals surface area (Å²) in [6.07, 6.45) is -10.6. The minimum Gasteiger partial charge on any atom is -0.463 e. The molecule has 0 spiro atoms. The van der Waals surface area contributed by atoms with Crippen molar-refractivity contribution in [1.29, 1.82) is 0 Å². The molecule has 0 radical (unpaired) electrons. The summed E-state index contributed by atoms with van der Waals surface area (Å²) in [6.45, 7) is 9.05. The van der Waals surface area contributed by atoms with Crippen LogP contribution in [0, 0.1) is 0 Å². The number of rotatable bonds is 12. The van der Waals surface area contributed by atoms with Crippen molar-refractivity contribution < 1.29 is 85.7 Å². The first-order chi connectivity index (χ1) is 28.2. The van der Waals surface area contributed by atoms with E-state index in [0.717, 1.165) is 8.95 Å². The van der Waals surface area contributed by atoms with E-state index in [4.69, 9.17) is 47.4 Å². The van der Waals surface area contributed by atoms with Gasteiger partial charge in [0, 0.05) is 64.3 Å². The zero-order chi connectivity index (χ0) is 44.8. The number of carbonyl (C=O) groups excluding carboxylic acids is 8. The standard InChI is InChI=1S/2C20H23BrO9/c1-10(22)26-9-16-18(27-11(2)23)20(29-13(4)25)19(28-12(3)24)17(30-16)14-5-7-15(21)8-6-14;1-10(22)26-9-16-18(27-11(2)23)20(29-13(4)25)19(28-12(3)24)17(30-16)14-6-5-7-15(21)8-14/h2*5-8,16-20H,9H2,1-4H3/t2*16-,17+,18-,19+,20+/m11/s1. The lowest BCUT2D eigenvalue weighted by molar-refractivity contribution is -0.254. The molecule has 4 rings (SSSR count). The molecule has 328 valence electrons. The molecule has 0 aliphatic carbocycles. The molecule has 0 saturated carbocycles. The second-order valence-electron chi connectivity index (χ2n) is 13.3. The van der Waals surface area contributed by atoms with Crippen LogP contribution in [0.1, 0.15) is 78.7 Å². The molecule has 0 aromatic heterocycles. The number of hydrogen-bond donors (Lipinski definition) is 0. The van der Waals surface area contributed by atoms with Crippen molar-refractivity contribution in [2.24, 2.45) is 0 Å². The highest BCUT2D eigenvalue weighted by Gasteiger charge is 2.54. The van der Waals surface area contributed by atoms with Crippen molar-refractivity contribution in [3.8, 4) is 0 Å². The van der Waals surface area contributed by atoms with Crippen LogP contribution >= 0.6 is 31.9 Å². The molecule has 0 unspecified atom stereocenters. The van der Waals surface area contributed by atoms with Crippen LogP contribution in [0.5, 0.6) is 0 Å². The molecule has 60 heavy (non-hydrogen) atoms. The van der Waals surface area contributed by atoms with Crippen LogP contribution in [-0.4, -0.2) is 110 Å². The highest BCUT2D eigenvalue weighted by molar-refractivity contribution is 9.10. The van der Waals surface area contributed by atoms with Gasteiger partial charge in [0.2, 0.25) is 0 Å². The fourth-order valence-electron chi connectivity index (χ4n) is 6.33. The Morgan fingerprint density at radius 1 is 0.433 bits per heavy atom. The average molecular weight is 975 g/mol. The van der Waals surface area contributed by atoms with E-state index >= 15 is 0 Å². The van der Waals surface area contributed by atoms with Crippen LogP contribution in [0.2, 0.25) is 0 Å². The van der Waals surface area contributed by atoms with E-state index in [9.17, 15) is 38.4 Å². The first kappa shape index (κ1) is 49.4. The number of esters is 8. The Labute approximate surface area is 362 Å². The lowest BCUT2D eigenvalue weighted by atomic mass is 9.90. The van der Waals surface area contributed by atoms with E-state index < -0.39 is 109 Å². The topological polar surface area (TPSA) is 229 Å². The number of halogens is 2. The zero-order valence-electron chi connectivity index (χ0n) is 33.9. The van der Waals surface area contributed by atoms with Gasteiger partial charge in [0.15, 0.2) is 36.6 Å². The quantitative estimate of drug-likeness (QED) is 0.211. The summed E-state index contributed by atoms with van der Waals surface area (Å²) in [7, 11) is 0. The normalized spacial score (nSPS) is 25.7. The Bertz CT molecular complexity index is 1870. The molecule has 2 aromatic rings. The predicted molar refractivity (Wildman–Crippen MR) is 210 cm³/mol. The number of carbonyl (C=O) groups is 8. The molecule has 2 aliphatic heterocycles. The molecule has 2 aromatic carbocycles. The summed E-state index contributed by atoms with van der Waals surface area (Å²) in [5.74, 6) is -5.08. The number of hydrogen-bond acceptors (Lipinski definition) is 18. The van der Waals surface area contributed by atoms with Gasteiger partial charge in [-0.05, 0) is 35.4 Å². The lowest BCUT2D eigenvalue weighted by Crippen LogP contribution is -2.59. The van der Waals surface area contributed by atoms with Gasteiger partial charge in [0.1, 0.15) is 37.6 Å². The van der Waals surface area contributed by atoms with Crippen molar-refractivity contribution in [2.75, 3.05) is 13.2 Å². The third-order valence-corrected chi connectivity index (χ3v) is 9.38. The van der Waals surface area contributed by atoms with E-state index in [0.29, 0.717) is 11.1 Å². The second-order valence-corrected chi connectivity index (χ2v) is 15.2. The molecule has 2 saturated heterocycles. The van der Waals surface area contributed by atoms with Gasteiger partial charge in [0.25, 0.3) is 0 Å². The zero-order valence-corrected chi connectivity index (χ0v) is 37.1. The Hall–Kier alpha value is -4.92. The predicted octanol–water partition coefficient (Wildman–Crippen LogP) is 4.49. The third kappa shape index (κ3) is 15.3.